The van der Waals surface area contributed by atoms with E-state index in [-0.39, 0.29) is 5.78 Å². The highest BCUT2D eigenvalue weighted by Gasteiger charge is 2.09. The fraction of sp³-hybridized carbons (Fsp3) is 0.143. The Morgan fingerprint density at radius 2 is 2.19 bits per heavy atom. The summed E-state index contributed by atoms with van der Waals surface area (Å²) < 4.78 is 22.4. The maximum atomic E-state index is 11.5. The van der Waals surface area contributed by atoms with Crippen molar-refractivity contribution in [3.8, 4) is 0 Å². The van der Waals surface area contributed by atoms with Crippen LogP contribution < -0.4 is 4.72 Å². The van der Waals surface area contributed by atoms with E-state index in [2.05, 4.69) is 9.71 Å². The summed E-state index contributed by atoms with van der Waals surface area (Å²) >= 11 is -0.660. The van der Waals surface area contributed by atoms with Crippen LogP contribution in [0.2, 0.25) is 0 Å². The number of ketones is 1. The van der Waals surface area contributed by atoms with Crippen molar-refractivity contribution < 1.29 is 13.6 Å². The first kappa shape index (κ1) is 15.7. The van der Waals surface area contributed by atoms with Crippen LogP contribution >= 0.6 is 11.8 Å². The van der Waals surface area contributed by atoms with Crippen molar-refractivity contribution >= 4 is 34.5 Å². The molecule has 110 valence electrons. The van der Waals surface area contributed by atoms with Crippen LogP contribution in [0.25, 0.3) is 0 Å². The number of pyridine rings is 1. The highest BCUT2D eigenvalue weighted by atomic mass is 32.2. The number of Topliss-reactive ketones (excluding diaryl/α,β-unsaturated/α-hetero) is 1. The van der Waals surface area contributed by atoms with E-state index in [1.807, 2.05) is 18.2 Å². The average molecular weight is 322 g/mol. The van der Waals surface area contributed by atoms with E-state index in [4.69, 9.17) is 4.55 Å². The third kappa shape index (κ3) is 4.66. The Bertz CT molecular complexity index is 663. The summed E-state index contributed by atoms with van der Waals surface area (Å²) in [5.41, 5.74) is 1.88. The van der Waals surface area contributed by atoms with Gasteiger partial charge in [-0.15, -0.1) is 11.8 Å². The second-order valence-corrected chi connectivity index (χ2v) is 5.93. The van der Waals surface area contributed by atoms with Crippen molar-refractivity contribution in [2.45, 2.75) is 17.7 Å². The number of thioether (sulfide) groups is 1. The predicted octanol–water partition coefficient (Wildman–Crippen LogP) is 3.13. The maximum absolute atomic E-state index is 11.5. The molecular formula is C14H14N2O3S2. The van der Waals surface area contributed by atoms with Gasteiger partial charge in [-0.3, -0.25) is 14.1 Å². The van der Waals surface area contributed by atoms with Gasteiger partial charge in [0.1, 0.15) is 0 Å². The minimum atomic E-state index is -2.15. The normalized spacial score (nSPS) is 11.9. The van der Waals surface area contributed by atoms with Crippen molar-refractivity contribution in [1.82, 2.24) is 4.98 Å². The van der Waals surface area contributed by atoms with Gasteiger partial charge in [-0.25, -0.2) is 9.19 Å². The van der Waals surface area contributed by atoms with Crippen molar-refractivity contribution in [3.05, 3.63) is 53.7 Å². The van der Waals surface area contributed by atoms with E-state index in [0.29, 0.717) is 17.0 Å². The Hall–Kier alpha value is -1.70. The van der Waals surface area contributed by atoms with Crippen molar-refractivity contribution in [2.24, 2.45) is 0 Å². The number of rotatable bonds is 6. The minimum Gasteiger partial charge on any atom is -0.295 e. The van der Waals surface area contributed by atoms with Crippen molar-refractivity contribution in [1.29, 1.82) is 0 Å². The quantitative estimate of drug-likeness (QED) is 0.485. The SMILES string of the molecule is CC(=O)c1ccc(NS(=O)O)c(CSc2ccccn2)c1. The van der Waals surface area contributed by atoms with Gasteiger partial charge in [0.2, 0.25) is 0 Å². The van der Waals surface area contributed by atoms with Gasteiger partial charge in [0, 0.05) is 17.5 Å². The number of anilines is 1. The molecular weight excluding hydrogens is 308 g/mol. The highest BCUT2D eigenvalue weighted by Crippen LogP contribution is 2.26. The summed E-state index contributed by atoms with van der Waals surface area (Å²) in [5, 5.41) is 0.849. The Labute approximate surface area is 129 Å². The van der Waals surface area contributed by atoms with E-state index in [9.17, 15) is 9.00 Å². The van der Waals surface area contributed by atoms with E-state index in [0.717, 1.165) is 10.6 Å². The third-order valence-electron chi connectivity index (χ3n) is 2.72. The first-order valence-corrected chi connectivity index (χ1v) is 8.20. The summed E-state index contributed by atoms with van der Waals surface area (Å²) in [6.45, 7) is 1.49. The van der Waals surface area contributed by atoms with Gasteiger partial charge in [0.15, 0.2) is 5.78 Å². The monoisotopic (exact) mass is 322 g/mol. The predicted molar refractivity (Wildman–Crippen MR) is 84.6 cm³/mol. The Morgan fingerprint density at radius 3 is 2.81 bits per heavy atom. The average Bonchev–Trinajstić information content (AvgIpc) is 2.46. The molecule has 0 aliphatic carbocycles. The molecule has 1 unspecified atom stereocenters. The number of carbonyl (C=O) groups excluding carboxylic acids is 1. The number of hydrogen-bond donors (Lipinski definition) is 2. The standard InChI is InChI=1S/C14H14N2O3S2/c1-10(17)11-5-6-13(16-21(18)19)12(8-11)9-20-14-4-2-3-7-15-14/h2-8,16H,9H2,1H3,(H,18,19). The second-order valence-electron chi connectivity index (χ2n) is 4.24. The van der Waals surface area contributed by atoms with Crippen LogP contribution in [-0.4, -0.2) is 19.5 Å². The molecule has 0 aliphatic heterocycles. The van der Waals surface area contributed by atoms with E-state index in [1.165, 1.54) is 18.7 Å². The third-order valence-corrected chi connectivity index (χ3v) is 4.11. The summed E-state index contributed by atoms with van der Waals surface area (Å²) in [6, 6.07) is 10.6. The molecule has 0 radical (unpaired) electrons. The lowest BCUT2D eigenvalue weighted by atomic mass is 10.1. The van der Waals surface area contributed by atoms with Crippen LogP contribution in [0.5, 0.6) is 0 Å². The van der Waals surface area contributed by atoms with Crippen LogP contribution in [0.15, 0.2) is 47.6 Å². The molecule has 7 heteroatoms. The number of nitrogens with zero attached hydrogens (tertiary/aromatic N) is 1. The van der Waals surface area contributed by atoms with Crippen LogP contribution in [-0.2, 0) is 17.0 Å². The summed E-state index contributed by atoms with van der Waals surface area (Å²) in [5.74, 6) is 0.494. The largest absolute Gasteiger partial charge is 0.295 e. The maximum Gasteiger partial charge on any atom is 0.259 e. The van der Waals surface area contributed by atoms with Crippen LogP contribution in [0.4, 0.5) is 5.69 Å². The molecule has 0 bridgehead atoms. The topological polar surface area (TPSA) is 79.3 Å². The summed E-state index contributed by atoms with van der Waals surface area (Å²) in [4.78, 5) is 15.7. The zero-order valence-electron chi connectivity index (χ0n) is 11.3. The van der Waals surface area contributed by atoms with Crippen molar-refractivity contribution in [3.63, 3.8) is 0 Å². The molecule has 0 fully saturated rings. The van der Waals surface area contributed by atoms with Gasteiger partial charge < -0.3 is 0 Å². The number of carbonyl (C=O) groups is 1. The summed E-state index contributed by atoms with van der Waals surface area (Å²) in [6.07, 6.45) is 1.70. The molecule has 0 amide bonds. The van der Waals surface area contributed by atoms with Gasteiger partial charge in [0.25, 0.3) is 11.3 Å². The lowest BCUT2D eigenvalue weighted by Gasteiger charge is -2.10. The van der Waals surface area contributed by atoms with E-state index in [1.54, 1.807) is 24.4 Å². The lowest BCUT2D eigenvalue weighted by Crippen LogP contribution is -2.05. The molecule has 1 aromatic carbocycles. The smallest absolute Gasteiger partial charge is 0.259 e. The number of hydrogen-bond acceptors (Lipinski definition) is 4. The van der Waals surface area contributed by atoms with Gasteiger partial charge in [0.05, 0.1) is 10.7 Å². The molecule has 0 saturated carbocycles. The van der Waals surface area contributed by atoms with E-state index >= 15 is 0 Å². The van der Waals surface area contributed by atoms with Crippen LogP contribution in [0, 0.1) is 0 Å². The number of aromatic nitrogens is 1. The summed E-state index contributed by atoms with van der Waals surface area (Å²) in [7, 11) is 0. The fourth-order valence-corrected chi connectivity index (χ4v) is 2.95. The molecule has 2 N–H and O–H groups in total. The second kappa shape index (κ2) is 7.35. The first-order valence-electron chi connectivity index (χ1n) is 6.11. The minimum absolute atomic E-state index is 0.0456. The molecule has 1 heterocycles. The van der Waals surface area contributed by atoms with Gasteiger partial charge in [-0.1, -0.05) is 6.07 Å². The van der Waals surface area contributed by atoms with Gasteiger partial charge >= 0.3 is 0 Å². The molecule has 1 aromatic heterocycles. The van der Waals surface area contributed by atoms with Gasteiger partial charge in [-0.2, -0.15) is 0 Å². The number of nitrogens with one attached hydrogen (secondary N) is 1. The van der Waals surface area contributed by atoms with Crippen molar-refractivity contribution in [2.75, 3.05) is 4.72 Å². The van der Waals surface area contributed by atoms with E-state index < -0.39 is 11.3 Å². The molecule has 21 heavy (non-hydrogen) atoms. The molecule has 2 aromatic rings. The fourth-order valence-electron chi connectivity index (χ4n) is 1.71. The first-order chi connectivity index (χ1) is 10.1. The molecule has 1 atom stereocenters. The molecule has 2 rings (SSSR count). The Balaban J connectivity index is 2.23. The molecule has 0 aliphatic rings. The Kier molecular flexibility index (Phi) is 5.49. The zero-order chi connectivity index (χ0) is 15.2. The Morgan fingerprint density at radius 1 is 1.38 bits per heavy atom. The lowest BCUT2D eigenvalue weighted by molar-refractivity contribution is 0.101. The molecule has 0 saturated heterocycles. The number of benzene rings is 1. The van der Waals surface area contributed by atoms with Gasteiger partial charge in [-0.05, 0) is 42.8 Å². The highest BCUT2D eigenvalue weighted by molar-refractivity contribution is 7.98. The van der Waals surface area contributed by atoms with Crippen LogP contribution in [0.3, 0.4) is 0 Å². The molecule has 5 nitrogen and oxygen atoms in total. The van der Waals surface area contributed by atoms with Crippen LogP contribution in [0.1, 0.15) is 22.8 Å². The molecule has 0 spiro atoms. The zero-order valence-corrected chi connectivity index (χ0v) is 12.9.